The molecule has 2 aromatic rings. The van der Waals surface area contributed by atoms with E-state index in [4.69, 9.17) is 5.73 Å². The van der Waals surface area contributed by atoms with Gasteiger partial charge in [0.25, 0.3) is 0 Å². The summed E-state index contributed by atoms with van der Waals surface area (Å²) in [4.78, 5) is 18.1. The van der Waals surface area contributed by atoms with Crippen LogP contribution in [0.4, 0.5) is 0 Å². The summed E-state index contributed by atoms with van der Waals surface area (Å²) in [6.07, 6.45) is 4.53. The second kappa shape index (κ2) is 5.43. The fourth-order valence-corrected chi connectivity index (χ4v) is 2.85. The highest BCUT2D eigenvalue weighted by molar-refractivity contribution is 5.82. The number of aromatic nitrogens is 1. The fourth-order valence-electron chi connectivity index (χ4n) is 2.85. The lowest BCUT2D eigenvalue weighted by molar-refractivity contribution is -0.124. The number of nitrogens with zero attached hydrogens (tertiary/aromatic N) is 2. The molecule has 1 unspecified atom stereocenters. The first kappa shape index (κ1) is 12.8. The molecular formula is C16H17N3O. The number of hydrogen-bond donors (Lipinski definition) is 1. The van der Waals surface area contributed by atoms with Crippen molar-refractivity contribution in [3.8, 4) is 0 Å². The van der Waals surface area contributed by atoms with Gasteiger partial charge in [0.2, 0.25) is 5.91 Å². The molecule has 1 amide bonds. The maximum atomic E-state index is 11.9. The number of nitrogens with two attached hydrogens (primary N) is 1. The molecular weight excluding hydrogens is 250 g/mol. The topological polar surface area (TPSA) is 59.2 Å². The number of pyridine rings is 1. The van der Waals surface area contributed by atoms with E-state index in [1.54, 1.807) is 6.20 Å². The molecule has 1 aromatic carbocycles. The van der Waals surface area contributed by atoms with E-state index in [0.29, 0.717) is 6.54 Å². The summed E-state index contributed by atoms with van der Waals surface area (Å²) < 4.78 is 0. The Morgan fingerprint density at radius 3 is 2.90 bits per heavy atom. The van der Waals surface area contributed by atoms with E-state index in [2.05, 4.69) is 16.0 Å². The fraction of sp³-hybridized carbons (Fsp3) is 0.250. The lowest BCUT2D eigenvalue weighted by Gasteiger charge is -2.35. The molecule has 0 saturated heterocycles. The van der Waals surface area contributed by atoms with Crippen LogP contribution in [0.1, 0.15) is 22.7 Å². The zero-order chi connectivity index (χ0) is 13.9. The molecule has 3 rings (SSSR count). The largest absolute Gasteiger partial charge is 0.368 e. The molecule has 0 spiro atoms. The number of benzene rings is 1. The molecule has 4 heteroatoms. The number of amides is 1. The highest BCUT2D eigenvalue weighted by atomic mass is 16.1. The summed E-state index contributed by atoms with van der Waals surface area (Å²) in [7, 11) is 0. The molecule has 1 atom stereocenters. The van der Waals surface area contributed by atoms with Crippen LogP contribution in [-0.2, 0) is 17.8 Å². The molecule has 0 radical (unpaired) electrons. The Bertz CT molecular complexity index is 612. The smallest absolute Gasteiger partial charge is 0.239 e. The predicted molar refractivity (Wildman–Crippen MR) is 76.7 cm³/mol. The number of fused-ring (bicyclic) bond motifs is 1. The molecule has 1 aromatic heterocycles. The minimum absolute atomic E-state index is 0.291. The van der Waals surface area contributed by atoms with Crippen LogP contribution in [0.25, 0.3) is 0 Å². The van der Waals surface area contributed by atoms with Crippen molar-refractivity contribution in [3.63, 3.8) is 0 Å². The normalized spacial score (nSPS) is 18.5. The molecule has 20 heavy (non-hydrogen) atoms. The van der Waals surface area contributed by atoms with Crippen LogP contribution >= 0.6 is 0 Å². The third kappa shape index (κ3) is 2.42. The number of carbonyl (C=O) groups is 1. The van der Waals surface area contributed by atoms with Crippen molar-refractivity contribution in [2.24, 2.45) is 5.73 Å². The van der Waals surface area contributed by atoms with Crippen molar-refractivity contribution in [1.82, 2.24) is 9.88 Å². The number of rotatable bonds is 3. The summed E-state index contributed by atoms with van der Waals surface area (Å²) in [6.45, 7) is 1.52. The molecule has 0 fully saturated rings. The van der Waals surface area contributed by atoms with Crippen molar-refractivity contribution >= 4 is 5.91 Å². The van der Waals surface area contributed by atoms with Gasteiger partial charge in [-0.1, -0.05) is 30.3 Å². The van der Waals surface area contributed by atoms with Crippen molar-refractivity contribution in [1.29, 1.82) is 0 Å². The second-order valence-electron chi connectivity index (χ2n) is 5.09. The average Bonchev–Trinajstić information content (AvgIpc) is 2.47. The summed E-state index contributed by atoms with van der Waals surface area (Å²) in [6, 6.07) is 11.6. The number of carbonyl (C=O) groups excluding carboxylic acids is 1. The van der Waals surface area contributed by atoms with E-state index in [9.17, 15) is 4.79 Å². The minimum Gasteiger partial charge on any atom is -0.368 e. The van der Waals surface area contributed by atoms with Gasteiger partial charge < -0.3 is 5.73 Å². The Morgan fingerprint density at radius 1 is 1.30 bits per heavy atom. The Kier molecular flexibility index (Phi) is 3.48. The second-order valence-corrected chi connectivity index (χ2v) is 5.09. The summed E-state index contributed by atoms with van der Waals surface area (Å²) in [5, 5.41) is 0. The monoisotopic (exact) mass is 267 g/mol. The lowest BCUT2D eigenvalue weighted by Crippen LogP contribution is -2.42. The zero-order valence-electron chi connectivity index (χ0n) is 11.2. The quantitative estimate of drug-likeness (QED) is 0.920. The van der Waals surface area contributed by atoms with Gasteiger partial charge in [0, 0.05) is 25.5 Å². The van der Waals surface area contributed by atoms with E-state index in [1.165, 1.54) is 5.56 Å². The van der Waals surface area contributed by atoms with Gasteiger partial charge in [-0.15, -0.1) is 0 Å². The highest BCUT2D eigenvalue weighted by Crippen LogP contribution is 2.30. The molecule has 2 N–H and O–H groups in total. The molecule has 102 valence electrons. The van der Waals surface area contributed by atoms with Crippen LogP contribution in [0.15, 0.2) is 48.8 Å². The first-order valence-electron chi connectivity index (χ1n) is 6.76. The Labute approximate surface area is 118 Å². The third-order valence-electron chi connectivity index (χ3n) is 3.76. The van der Waals surface area contributed by atoms with Crippen LogP contribution in [0.2, 0.25) is 0 Å². The molecule has 1 aliphatic rings. The van der Waals surface area contributed by atoms with Gasteiger partial charge >= 0.3 is 0 Å². The minimum atomic E-state index is -0.347. The molecule has 1 aliphatic heterocycles. The number of primary amides is 1. The Balaban J connectivity index is 1.91. The summed E-state index contributed by atoms with van der Waals surface area (Å²) in [5.74, 6) is -0.291. The van der Waals surface area contributed by atoms with E-state index >= 15 is 0 Å². The standard InChI is InChI=1S/C16H17N3O/c17-16(20)15-14-6-2-1-5-13(14)7-9-19(15)11-12-4-3-8-18-10-12/h1-6,8,10,15H,7,9,11H2,(H2,17,20). The van der Waals surface area contributed by atoms with Gasteiger partial charge in [-0.2, -0.15) is 0 Å². The van der Waals surface area contributed by atoms with Crippen molar-refractivity contribution in [2.45, 2.75) is 19.0 Å². The lowest BCUT2D eigenvalue weighted by atomic mass is 9.92. The van der Waals surface area contributed by atoms with E-state index in [0.717, 1.165) is 24.1 Å². The van der Waals surface area contributed by atoms with Crippen LogP contribution in [-0.4, -0.2) is 22.3 Å². The van der Waals surface area contributed by atoms with Crippen molar-refractivity contribution < 1.29 is 4.79 Å². The highest BCUT2D eigenvalue weighted by Gasteiger charge is 2.31. The van der Waals surface area contributed by atoms with E-state index in [1.807, 2.05) is 36.5 Å². The average molecular weight is 267 g/mol. The zero-order valence-corrected chi connectivity index (χ0v) is 11.2. The van der Waals surface area contributed by atoms with Crippen LogP contribution in [0.3, 0.4) is 0 Å². The summed E-state index contributed by atoms with van der Waals surface area (Å²) in [5.41, 5.74) is 8.98. The molecule has 4 nitrogen and oxygen atoms in total. The van der Waals surface area contributed by atoms with Crippen molar-refractivity contribution in [2.75, 3.05) is 6.54 Å². The first-order chi connectivity index (χ1) is 9.75. The Hall–Kier alpha value is -2.20. The van der Waals surface area contributed by atoms with Crippen LogP contribution < -0.4 is 5.73 Å². The first-order valence-corrected chi connectivity index (χ1v) is 6.76. The van der Waals surface area contributed by atoms with E-state index in [-0.39, 0.29) is 11.9 Å². The van der Waals surface area contributed by atoms with Gasteiger partial charge in [-0.3, -0.25) is 14.7 Å². The molecule has 0 bridgehead atoms. The van der Waals surface area contributed by atoms with Gasteiger partial charge in [0.1, 0.15) is 6.04 Å². The van der Waals surface area contributed by atoms with Crippen LogP contribution in [0.5, 0.6) is 0 Å². The molecule has 0 saturated carbocycles. The maximum absolute atomic E-state index is 11.9. The van der Waals surface area contributed by atoms with Crippen LogP contribution in [0, 0.1) is 0 Å². The van der Waals surface area contributed by atoms with Gasteiger partial charge in [-0.05, 0) is 29.2 Å². The summed E-state index contributed by atoms with van der Waals surface area (Å²) >= 11 is 0. The Morgan fingerprint density at radius 2 is 2.15 bits per heavy atom. The maximum Gasteiger partial charge on any atom is 0.239 e. The van der Waals surface area contributed by atoms with Crippen molar-refractivity contribution in [3.05, 3.63) is 65.5 Å². The van der Waals surface area contributed by atoms with Gasteiger partial charge in [-0.25, -0.2) is 0 Å². The van der Waals surface area contributed by atoms with Gasteiger partial charge in [0.15, 0.2) is 0 Å². The molecule has 0 aliphatic carbocycles. The molecule has 2 heterocycles. The van der Waals surface area contributed by atoms with Gasteiger partial charge in [0.05, 0.1) is 0 Å². The third-order valence-corrected chi connectivity index (χ3v) is 3.76. The number of hydrogen-bond acceptors (Lipinski definition) is 3. The van der Waals surface area contributed by atoms with E-state index < -0.39 is 0 Å². The SMILES string of the molecule is NC(=O)C1c2ccccc2CCN1Cc1cccnc1. The predicted octanol–water partition coefficient (Wildman–Crippen LogP) is 1.67.